The summed E-state index contributed by atoms with van der Waals surface area (Å²) in [5.74, 6) is -0.156. The zero-order valence-corrected chi connectivity index (χ0v) is 16.3. The van der Waals surface area contributed by atoms with Gasteiger partial charge in [-0.25, -0.2) is 19.9 Å². The Labute approximate surface area is 172 Å². The molecule has 1 N–H and O–H groups in total. The molecular weight excluding hydrogens is 395 g/mol. The topological polar surface area (TPSA) is 70.1 Å². The molecule has 3 heterocycles. The second-order valence-electron chi connectivity index (χ2n) is 7.07. The standard InChI is InChI=1S/C20H22F3N7/c21-20(22,23)18-27-16-6-2-1-5-15(16)17(28-18)24-9-4-10-29-11-13-30(14-12-29)19-25-7-3-8-26-19/h1-3,5-8H,4,9-14H2,(H,24,27,28). The lowest BCUT2D eigenvalue weighted by atomic mass is 10.2. The third kappa shape index (κ3) is 4.76. The van der Waals surface area contributed by atoms with E-state index in [1.165, 1.54) is 0 Å². The third-order valence-electron chi connectivity index (χ3n) is 5.01. The highest BCUT2D eigenvalue weighted by Crippen LogP contribution is 2.30. The largest absolute Gasteiger partial charge is 0.451 e. The van der Waals surface area contributed by atoms with Crippen LogP contribution in [0.2, 0.25) is 0 Å². The number of nitrogens with one attached hydrogen (secondary N) is 1. The number of aromatic nitrogens is 4. The molecule has 0 atom stereocenters. The molecule has 0 saturated carbocycles. The first-order valence-corrected chi connectivity index (χ1v) is 9.83. The molecule has 1 aliphatic rings. The minimum Gasteiger partial charge on any atom is -0.369 e. The number of anilines is 2. The number of piperazine rings is 1. The van der Waals surface area contributed by atoms with Crippen LogP contribution >= 0.6 is 0 Å². The summed E-state index contributed by atoms with van der Waals surface area (Å²) in [5, 5.41) is 3.65. The van der Waals surface area contributed by atoms with Gasteiger partial charge in [-0.15, -0.1) is 0 Å². The van der Waals surface area contributed by atoms with Gasteiger partial charge in [-0.05, 0) is 31.2 Å². The molecule has 0 unspecified atom stereocenters. The minimum atomic E-state index is -4.58. The molecule has 1 aromatic carbocycles. The van der Waals surface area contributed by atoms with Crippen LogP contribution < -0.4 is 10.2 Å². The number of hydrogen-bond acceptors (Lipinski definition) is 7. The summed E-state index contributed by atoms with van der Waals surface area (Å²) in [5.41, 5.74) is 0.279. The van der Waals surface area contributed by atoms with Gasteiger partial charge < -0.3 is 10.2 Å². The summed E-state index contributed by atoms with van der Waals surface area (Å²) in [6.45, 7) is 4.87. The van der Waals surface area contributed by atoms with E-state index < -0.39 is 12.0 Å². The van der Waals surface area contributed by atoms with E-state index in [9.17, 15) is 13.2 Å². The Balaban J connectivity index is 1.30. The van der Waals surface area contributed by atoms with Crippen LogP contribution in [0.4, 0.5) is 24.9 Å². The van der Waals surface area contributed by atoms with Gasteiger partial charge in [-0.1, -0.05) is 12.1 Å². The number of para-hydroxylation sites is 1. The van der Waals surface area contributed by atoms with Gasteiger partial charge >= 0.3 is 6.18 Å². The summed E-state index contributed by atoms with van der Waals surface area (Å²) >= 11 is 0. The Morgan fingerprint density at radius 2 is 1.67 bits per heavy atom. The quantitative estimate of drug-likeness (QED) is 0.618. The van der Waals surface area contributed by atoms with E-state index in [4.69, 9.17) is 0 Å². The van der Waals surface area contributed by atoms with E-state index in [1.54, 1.807) is 42.7 Å². The van der Waals surface area contributed by atoms with E-state index in [2.05, 4.69) is 35.1 Å². The van der Waals surface area contributed by atoms with E-state index in [0.29, 0.717) is 11.9 Å². The molecule has 30 heavy (non-hydrogen) atoms. The molecule has 4 rings (SSSR count). The molecule has 1 fully saturated rings. The second kappa shape index (κ2) is 8.78. The zero-order chi connectivity index (χ0) is 21.0. The number of nitrogens with zero attached hydrogens (tertiary/aromatic N) is 6. The summed E-state index contributed by atoms with van der Waals surface area (Å²) in [6.07, 6.45) is -0.313. The SMILES string of the molecule is FC(F)(F)c1nc(NCCCN2CCN(c3ncccn3)CC2)c2ccccc2n1. The van der Waals surface area contributed by atoms with Crippen molar-refractivity contribution >= 4 is 22.7 Å². The molecule has 158 valence electrons. The van der Waals surface area contributed by atoms with Crippen LogP contribution in [0.3, 0.4) is 0 Å². The van der Waals surface area contributed by atoms with Gasteiger partial charge in [-0.3, -0.25) is 4.90 Å². The summed E-state index contributed by atoms with van der Waals surface area (Å²) in [4.78, 5) is 20.4. The fraction of sp³-hybridized carbons (Fsp3) is 0.400. The van der Waals surface area contributed by atoms with Gasteiger partial charge in [0.15, 0.2) is 0 Å². The highest BCUT2D eigenvalue weighted by molar-refractivity contribution is 5.89. The summed E-state index contributed by atoms with van der Waals surface area (Å²) < 4.78 is 39.3. The predicted octanol–water partition coefficient (Wildman–Crippen LogP) is 3.06. The fourth-order valence-electron chi connectivity index (χ4n) is 3.47. The average Bonchev–Trinajstić information content (AvgIpc) is 2.77. The van der Waals surface area contributed by atoms with Crippen LogP contribution in [0.1, 0.15) is 12.2 Å². The van der Waals surface area contributed by atoms with Crippen molar-refractivity contribution in [1.82, 2.24) is 24.8 Å². The van der Waals surface area contributed by atoms with Gasteiger partial charge in [0.05, 0.1) is 5.52 Å². The fourth-order valence-corrected chi connectivity index (χ4v) is 3.47. The first-order valence-electron chi connectivity index (χ1n) is 9.83. The van der Waals surface area contributed by atoms with Crippen molar-refractivity contribution in [2.45, 2.75) is 12.6 Å². The van der Waals surface area contributed by atoms with Crippen molar-refractivity contribution in [2.75, 3.05) is 49.5 Å². The molecule has 0 bridgehead atoms. The van der Waals surface area contributed by atoms with Crippen molar-refractivity contribution in [3.8, 4) is 0 Å². The van der Waals surface area contributed by atoms with Crippen molar-refractivity contribution in [2.24, 2.45) is 0 Å². The maximum Gasteiger partial charge on any atom is 0.451 e. The highest BCUT2D eigenvalue weighted by atomic mass is 19.4. The van der Waals surface area contributed by atoms with E-state index >= 15 is 0 Å². The third-order valence-corrected chi connectivity index (χ3v) is 5.01. The first kappa shape index (κ1) is 20.3. The van der Waals surface area contributed by atoms with Crippen LogP contribution in [0.25, 0.3) is 10.9 Å². The van der Waals surface area contributed by atoms with E-state index in [1.807, 2.05) is 0 Å². The number of rotatable bonds is 6. The maximum atomic E-state index is 13.1. The lowest BCUT2D eigenvalue weighted by Gasteiger charge is -2.34. The molecule has 0 spiro atoms. The monoisotopic (exact) mass is 417 g/mol. The summed E-state index contributed by atoms with van der Waals surface area (Å²) in [6, 6.07) is 8.51. The number of halogens is 3. The molecule has 0 amide bonds. The Kier molecular flexibility index (Phi) is 5.93. The van der Waals surface area contributed by atoms with Crippen LogP contribution in [0.5, 0.6) is 0 Å². The lowest BCUT2D eigenvalue weighted by molar-refractivity contribution is -0.144. The highest BCUT2D eigenvalue weighted by Gasteiger charge is 2.35. The number of hydrogen-bond donors (Lipinski definition) is 1. The molecule has 7 nitrogen and oxygen atoms in total. The Hall–Kier alpha value is -3.01. The minimum absolute atomic E-state index is 0.221. The smallest absolute Gasteiger partial charge is 0.369 e. The van der Waals surface area contributed by atoms with Gasteiger partial charge in [0.1, 0.15) is 5.82 Å². The first-order chi connectivity index (χ1) is 14.5. The molecule has 0 aliphatic carbocycles. The van der Waals surface area contributed by atoms with Crippen molar-refractivity contribution in [3.05, 3.63) is 48.5 Å². The molecule has 0 radical (unpaired) electrons. The van der Waals surface area contributed by atoms with Crippen molar-refractivity contribution in [3.63, 3.8) is 0 Å². The molecule has 2 aromatic heterocycles. The van der Waals surface area contributed by atoms with Gasteiger partial charge in [-0.2, -0.15) is 13.2 Å². The zero-order valence-electron chi connectivity index (χ0n) is 16.3. The number of benzene rings is 1. The van der Waals surface area contributed by atoms with Crippen LogP contribution in [-0.2, 0) is 6.18 Å². The molecule has 1 aliphatic heterocycles. The predicted molar refractivity (Wildman–Crippen MR) is 108 cm³/mol. The Morgan fingerprint density at radius 1 is 0.933 bits per heavy atom. The molecular formula is C20H22F3N7. The van der Waals surface area contributed by atoms with E-state index in [-0.39, 0.29) is 11.3 Å². The van der Waals surface area contributed by atoms with Crippen LogP contribution in [0, 0.1) is 0 Å². The van der Waals surface area contributed by atoms with Gasteiger partial charge in [0.25, 0.3) is 0 Å². The Bertz CT molecular complexity index is 973. The second-order valence-corrected chi connectivity index (χ2v) is 7.07. The number of alkyl halides is 3. The number of fused-ring (bicyclic) bond motifs is 1. The van der Waals surface area contributed by atoms with Gasteiger partial charge in [0.2, 0.25) is 11.8 Å². The molecule has 1 saturated heterocycles. The normalized spacial score (nSPS) is 15.5. The summed E-state index contributed by atoms with van der Waals surface area (Å²) in [7, 11) is 0. The Morgan fingerprint density at radius 3 is 2.40 bits per heavy atom. The molecule has 3 aromatic rings. The van der Waals surface area contributed by atoms with Gasteiger partial charge in [0, 0.05) is 50.5 Å². The average molecular weight is 417 g/mol. The lowest BCUT2D eigenvalue weighted by Crippen LogP contribution is -2.47. The van der Waals surface area contributed by atoms with E-state index in [0.717, 1.165) is 45.1 Å². The molecule has 10 heteroatoms. The van der Waals surface area contributed by atoms with Crippen LogP contribution in [0.15, 0.2) is 42.7 Å². The van der Waals surface area contributed by atoms with Crippen molar-refractivity contribution < 1.29 is 13.2 Å². The van der Waals surface area contributed by atoms with Crippen LogP contribution in [-0.4, -0.2) is 64.1 Å². The van der Waals surface area contributed by atoms with Crippen molar-refractivity contribution in [1.29, 1.82) is 0 Å². The maximum absolute atomic E-state index is 13.1.